The van der Waals surface area contributed by atoms with Crippen LogP contribution in [0.15, 0.2) is 0 Å². The standard InChI is InChI=1S/C15H31N/c1-3-5-6-7-8-11-14(16)15(4-2)12-9-10-13-15/h14H,3-13,16H2,1-2H3. The second-order valence-corrected chi connectivity index (χ2v) is 5.73. The Balaban J connectivity index is 2.19. The van der Waals surface area contributed by atoms with Crippen molar-refractivity contribution in [2.45, 2.75) is 90.5 Å². The third-order valence-corrected chi connectivity index (χ3v) is 4.71. The highest BCUT2D eigenvalue weighted by Gasteiger charge is 2.37. The number of rotatable bonds is 8. The van der Waals surface area contributed by atoms with Gasteiger partial charge in [0.05, 0.1) is 0 Å². The molecule has 1 atom stereocenters. The quantitative estimate of drug-likeness (QED) is 0.598. The third kappa shape index (κ3) is 3.76. The molecule has 0 spiro atoms. The lowest BCUT2D eigenvalue weighted by Gasteiger charge is -2.34. The lowest BCUT2D eigenvalue weighted by Crippen LogP contribution is -2.39. The molecule has 1 aliphatic rings. The summed E-state index contributed by atoms with van der Waals surface area (Å²) in [4.78, 5) is 0. The van der Waals surface area contributed by atoms with Crippen LogP contribution in [0.25, 0.3) is 0 Å². The van der Waals surface area contributed by atoms with Crippen LogP contribution in [0, 0.1) is 5.41 Å². The van der Waals surface area contributed by atoms with Gasteiger partial charge in [0.15, 0.2) is 0 Å². The Morgan fingerprint density at radius 1 is 1.00 bits per heavy atom. The molecule has 0 bridgehead atoms. The predicted octanol–water partition coefficient (Wildman–Crippen LogP) is 4.64. The molecule has 0 aromatic heterocycles. The molecular formula is C15H31N. The normalized spacial score (nSPS) is 21.2. The van der Waals surface area contributed by atoms with Crippen LogP contribution >= 0.6 is 0 Å². The largest absolute Gasteiger partial charge is 0.327 e. The van der Waals surface area contributed by atoms with Crippen molar-refractivity contribution in [2.24, 2.45) is 11.1 Å². The summed E-state index contributed by atoms with van der Waals surface area (Å²) in [6.07, 6.45) is 15.0. The molecule has 1 nitrogen and oxygen atoms in total. The molecule has 0 saturated heterocycles. The summed E-state index contributed by atoms with van der Waals surface area (Å²) in [5.41, 5.74) is 6.96. The molecule has 2 N–H and O–H groups in total. The molecule has 96 valence electrons. The van der Waals surface area contributed by atoms with E-state index in [1.165, 1.54) is 70.6 Å². The van der Waals surface area contributed by atoms with Crippen LogP contribution in [0.4, 0.5) is 0 Å². The number of unbranched alkanes of at least 4 members (excludes halogenated alkanes) is 4. The fourth-order valence-electron chi connectivity index (χ4n) is 3.34. The summed E-state index contributed by atoms with van der Waals surface area (Å²) < 4.78 is 0. The van der Waals surface area contributed by atoms with Gasteiger partial charge in [-0.05, 0) is 31.1 Å². The molecule has 1 aliphatic carbocycles. The molecule has 1 heteroatoms. The monoisotopic (exact) mass is 225 g/mol. The van der Waals surface area contributed by atoms with Crippen LogP contribution in [0.3, 0.4) is 0 Å². The minimum Gasteiger partial charge on any atom is -0.327 e. The van der Waals surface area contributed by atoms with Crippen LogP contribution in [-0.2, 0) is 0 Å². The first kappa shape index (κ1) is 14.0. The minimum atomic E-state index is 0.474. The van der Waals surface area contributed by atoms with Crippen molar-refractivity contribution in [3.8, 4) is 0 Å². The van der Waals surface area contributed by atoms with E-state index in [-0.39, 0.29) is 0 Å². The van der Waals surface area contributed by atoms with Crippen LogP contribution in [0.5, 0.6) is 0 Å². The SMILES string of the molecule is CCCCCCCC(N)C1(CC)CCCC1. The maximum absolute atomic E-state index is 6.44. The summed E-state index contributed by atoms with van der Waals surface area (Å²) in [6.45, 7) is 4.61. The van der Waals surface area contributed by atoms with Crippen molar-refractivity contribution in [1.82, 2.24) is 0 Å². The summed E-state index contributed by atoms with van der Waals surface area (Å²) in [5, 5.41) is 0. The lowest BCUT2D eigenvalue weighted by molar-refractivity contribution is 0.207. The van der Waals surface area contributed by atoms with Gasteiger partial charge in [-0.25, -0.2) is 0 Å². The van der Waals surface area contributed by atoms with Gasteiger partial charge in [0, 0.05) is 6.04 Å². The number of hydrogen-bond acceptors (Lipinski definition) is 1. The number of hydrogen-bond donors (Lipinski definition) is 1. The average molecular weight is 225 g/mol. The van der Waals surface area contributed by atoms with Gasteiger partial charge in [-0.1, -0.05) is 58.8 Å². The van der Waals surface area contributed by atoms with E-state index in [2.05, 4.69) is 13.8 Å². The van der Waals surface area contributed by atoms with Gasteiger partial charge in [-0.3, -0.25) is 0 Å². The Morgan fingerprint density at radius 3 is 2.19 bits per heavy atom. The topological polar surface area (TPSA) is 26.0 Å². The molecule has 1 unspecified atom stereocenters. The van der Waals surface area contributed by atoms with Gasteiger partial charge in [-0.15, -0.1) is 0 Å². The smallest absolute Gasteiger partial charge is 0.00954 e. The molecule has 1 fully saturated rings. The van der Waals surface area contributed by atoms with Crippen molar-refractivity contribution >= 4 is 0 Å². The lowest BCUT2D eigenvalue weighted by atomic mass is 9.75. The van der Waals surface area contributed by atoms with E-state index in [0.717, 1.165) is 0 Å². The zero-order chi connectivity index (χ0) is 11.9. The fourth-order valence-corrected chi connectivity index (χ4v) is 3.34. The first-order valence-corrected chi connectivity index (χ1v) is 7.51. The van der Waals surface area contributed by atoms with Crippen molar-refractivity contribution in [3.05, 3.63) is 0 Å². The minimum absolute atomic E-state index is 0.474. The Kier molecular flexibility index (Phi) is 6.41. The van der Waals surface area contributed by atoms with Gasteiger partial charge < -0.3 is 5.73 Å². The Hall–Kier alpha value is -0.0400. The Morgan fingerprint density at radius 2 is 1.62 bits per heavy atom. The third-order valence-electron chi connectivity index (χ3n) is 4.71. The summed E-state index contributed by atoms with van der Waals surface area (Å²) in [7, 11) is 0. The van der Waals surface area contributed by atoms with Gasteiger partial charge in [0.25, 0.3) is 0 Å². The van der Waals surface area contributed by atoms with E-state index in [1.807, 2.05) is 0 Å². The van der Waals surface area contributed by atoms with Gasteiger partial charge in [0.2, 0.25) is 0 Å². The average Bonchev–Trinajstić information content (AvgIpc) is 2.78. The molecule has 1 saturated carbocycles. The summed E-state index contributed by atoms with van der Waals surface area (Å²) in [5.74, 6) is 0. The van der Waals surface area contributed by atoms with Crippen molar-refractivity contribution in [1.29, 1.82) is 0 Å². The first-order valence-electron chi connectivity index (χ1n) is 7.51. The molecule has 1 rings (SSSR count). The first-order chi connectivity index (χ1) is 7.75. The molecule has 0 heterocycles. The van der Waals surface area contributed by atoms with Gasteiger partial charge in [-0.2, -0.15) is 0 Å². The zero-order valence-electron chi connectivity index (χ0n) is 11.4. The highest BCUT2D eigenvalue weighted by molar-refractivity contribution is 4.91. The number of nitrogens with two attached hydrogens (primary N) is 1. The molecule has 0 amide bonds. The second kappa shape index (κ2) is 7.32. The summed E-state index contributed by atoms with van der Waals surface area (Å²) in [6, 6.07) is 0.474. The van der Waals surface area contributed by atoms with E-state index in [4.69, 9.17) is 5.73 Å². The van der Waals surface area contributed by atoms with E-state index in [1.54, 1.807) is 0 Å². The van der Waals surface area contributed by atoms with Crippen molar-refractivity contribution in [3.63, 3.8) is 0 Å². The molecular weight excluding hydrogens is 194 g/mol. The predicted molar refractivity (Wildman–Crippen MR) is 72.5 cm³/mol. The van der Waals surface area contributed by atoms with Crippen LogP contribution < -0.4 is 5.73 Å². The second-order valence-electron chi connectivity index (χ2n) is 5.73. The molecule has 0 aromatic carbocycles. The highest BCUT2D eigenvalue weighted by atomic mass is 14.7. The van der Waals surface area contributed by atoms with E-state index >= 15 is 0 Å². The van der Waals surface area contributed by atoms with Crippen LogP contribution in [0.1, 0.15) is 84.5 Å². The van der Waals surface area contributed by atoms with E-state index in [9.17, 15) is 0 Å². The maximum Gasteiger partial charge on any atom is 0.00954 e. The van der Waals surface area contributed by atoms with Gasteiger partial charge in [0.1, 0.15) is 0 Å². The van der Waals surface area contributed by atoms with Crippen LogP contribution in [-0.4, -0.2) is 6.04 Å². The summed E-state index contributed by atoms with van der Waals surface area (Å²) >= 11 is 0. The zero-order valence-corrected chi connectivity index (χ0v) is 11.4. The Bertz CT molecular complexity index is 170. The van der Waals surface area contributed by atoms with Crippen LogP contribution in [0.2, 0.25) is 0 Å². The van der Waals surface area contributed by atoms with Crippen molar-refractivity contribution in [2.75, 3.05) is 0 Å². The van der Waals surface area contributed by atoms with E-state index in [0.29, 0.717) is 11.5 Å². The van der Waals surface area contributed by atoms with Crippen molar-refractivity contribution < 1.29 is 0 Å². The molecule has 0 aliphatic heterocycles. The molecule has 0 radical (unpaired) electrons. The Labute approximate surface area is 102 Å². The van der Waals surface area contributed by atoms with E-state index < -0.39 is 0 Å². The van der Waals surface area contributed by atoms with Gasteiger partial charge >= 0.3 is 0 Å². The molecule has 16 heavy (non-hydrogen) atoms. The fraction of sp³-hybridized carbons (Fsp3) is 1.00. The molecule has 0 aromatic rings. The maximum atomic E-state index is 6.44. The highest BCUT2D eigenvalue weighted by Crippen LogP contribution is 2.44.